The average Bonchev–Trinajstić information content (AvgIpc) is 3.38. The number of hydrogen-bond donors (Lipinski definition) is 2. The number of carbonyl (C=O) groups excluding carboxylic acids is 2. The summed E-state index contributed by atoms with van der Waals surface area (Å²) in [7, 11) is 3.62. The van der Waals surface area contributed by atoms with Crippen molar-refractivity contribution in [3.63, 3.8) is 0 Å². The van der Waals surface area contributed by atoms with E-state index in [0.29, 0.717) is 42.9 Å². The summed E-state index contributed by atoms with van der Waals surface area (Å²) in [5, 5.41) is 4.29. The molecule has 2 N–H and O–H groups in total. The molecule has 1 aromatic heterocycles. The van der Waals surface area contributed by atoms with Gasteiger partial charge in [-0.2, -0.15) is 0 Å². The Morgan fingerprint density at radius 3 is 2.38 bits per heavy atom. The Morgan fingerprint density at radius 2 is 1.69 bits per heavy atom. The first-order chi connectivity index (χ1) is 21.5. The summed E-state index contributed by atoms with van der Waals surface area (Å²) in [6.45, 7) is 7.85. The topological polar surface area (TPSA) is 77.7 Å². The molecule has 8 heteroatoms. The largest absolute Gasteiger partial charge is 0.497 e. The van der Waals surface area contributed by atoms with Gasteiger partial charge in [-0.05, 0) is 86.0 Å². The third kappa shape index (κ3) is 5.72. The highest BCUT2D eigenvalue weighted by molar-refractivity contribution is 6.01. The maximum atomic E-state index is 15.2. The number of hydrogen-bond acceptors (Lipinski definition) is 4. The summed E-state index contributed by atoms with van der Waals surface area (Å²) >= 11 is 0. The van der Waals surface area contributed by atoms with Crippen molar-refractivity contribution in [1.82, 2.24) is 14.8 Å². The van der Waals surface area contributed by atoms with Crippen LogP contribution in [0.2, 0.25) is 0 Å². The molecule has 1 aliphatic carbocycles. The average molecular weight is 611 g/mol. The van der Waals surface area contributed by atoms with Gasteiger partial charge in [0.05, 0.1) is 7.11 Å². The highest BCUT2D eigenvalue weighted by atomic mass is 19.1. The number of piperidine rings is 1. The van der Waals surface area contributed by atoms with Crippen LogP contribution in [0.15, 0.2) is 72.8 Å². The lowest BCUT2D eigenvalue weighted by molar-refractivity contribution is -0.150. The number of rotatable bonds is 9. The number of carbonyl (C=O) groups is 2. The molecule has 45 heavy (non-hydrogen) atoms. The van der Waals surface area contributed by atoms with Crippen LogP contribution in [0.1, 0.15) is 55.8 Å². The van der Waals surface area contributed by atoms with Crippen molar-refractivity contribution in [1.29, 1.82) is 0 Å². The van der Waals surface area contributed by atoms with E-state index in [1.165, 1.54) is 17.0 Å². The van der Waals surface area contributed by atoms with E-state index < -0.39 is 5.54 Å². The molecule has 0 radical (unpaired) electrons. The molecule has 2 atom stereocenters. The van der Waals surface area contributed by atoms with Gasteiger partial charge >= 0.3 is 0 Å². The third-order valence-corrected chi connectivity index (χ3v) is 10.4. The van der Waals surface area contributed by atoms with Crippen molar-refractivity contribution in [2.24, 2.45) is 11.3 Å². The Balaban J connectivity index is 1.35. The van der Waals surface area contributed by atoms with Gasteiger partial charge in [0.2, 0.25) is 11.8 Å². The monoisotopic (exact) mass is 610 g/mol. The summed E-state index contributed by atoms with van der Waals surface area (Å²) < 4.78 is 20.5. The van der Waals surface area contributed by atoms with Crippen LogP contribution in [-0.4, -0.2) is 59.4 Å². The standard InChI is InChI=1S/C37H43FN4O3/c1-24-33(28-11-7-9-13-31(28)39-24)34-29(36(34,2)3)22-32(43)42(23-25-10-6-8-12-30(25)38)37(18-20-41(4)21-19-37)35(44)40-26-14-16-27(45-5)17-15-26/h6-17,29,34,39H,18-23H2,1-5H3,(H,40,44)/t29-,34-/m1/s1. The number of methoxy groups -OCH3 is 1. The van der Waals surface area contributed by atoms with Gasteiger partial charge < -0.3 is 24.8 Å². The first-order valence-corrected chi connectivity index (χ1v) is 15.8. The zero-order valence-corrected chi connectivity index (χ0v) is 26.8. The van der Waals surface area contributed by atoms with E-state index in [9.17, 15) is 9.59 Å². The Labute approximate surface area is 264 Å². The number of fused-ring (bicyclic) bond motifs is 1. The van der Waals surface area contributed by atoms with Gasteiger partial charge in [0.25, 0.3) is 0 Å². The minimum absolute atomic E-state index is 0.0230. The van der Waals surface area contributed by atoms with E-state index in [1.807, 2.05) is 13.1 Å². The number of H-pyrrole nitrogens is 1. The van der Waals surface area contributed by atoms with E-state index in [2.05, 4.69) is 54.2 Å². The maximum absolute atomic E-state index is 15.2. The number of benzene rings is 3. The molecule has 0 unspecified atom stereocenters. The SMILES string of the molecule is COc1ccc(NC(=O)C2(N(Cc3ccccc3F)C(=O)C[C@@H]3[C@H](c4c(C)[nH]c5ccccc45)C3(C)C)CCN(C)CC2)cc1. The Hall–Kier alpha value is -4.17. The fourth-order valence-electron chi connectivity index (χ4n) is 7.50. The molecule has 2 heterocycles. The maximum Gasteiger partial charge on any atom is 0.250 e. The van der Waals surface area contributed by atoms with Gasteiger partial charge in [0, 0.05) is 53.9 Å². The lowest BCUT2D eigenvalue weighted by atomic mass is 9.83. The molecular weight excluding hydrogens is 567 g/mol. The highest BCUT2D eigenvalue weighted by Gasteiger charge is 2.60. The zero-order valence-electron chi connectivity index (χ0n) is 26.8. The number of nitrogens with one attached hydrogen (secondary N) is 2. The number of aromatic nitrogens is 1. The number of anilines is 1. The van der Waals surface area contributed by atoms with Crippen LogP contribution in [0.4, 0.5) is 10.1 Å². The summed E-state index contributed by atoms with van der Waals surface area (Å²) in [6.07, 6.45) is 1.17. The molecule has 1 saturated heterocycles. The van der Waals surface area contributed by atoms with Gasteiger partial charge in [0.1, 0.15) is 17.1 Å². The first-order valence-electron chi connectivity index (χ1n) is 15.8. The van der Waals surface area contributed by atoms with Crippen molar-refractivity contribution in [2.75, 3.05) is 32.6 Å². The molecule has 7 nitrogen and oxygen atoms in total. The predicted molar refractivity (Wildman–Crippen MR) is 176 cm³/mol. The number of likely N-dealkylation sites (tertiary alicyclic amines) is 1. The van der Waals surface area contributed by atoms with Crippen molar-refractivity contribution < 1.29 is 18.7 Å². The Bertz CT molecular complexity index is 1700. The lowest BCUT2D eigenvalue weighted by Gasteiger charge is -2.47. The Morgan fingerprint density at radius 1 is 1.02 bits per heavy atom. The fraction of sp³-hybridized carbons (Fsp3) is 0.405. The highest BCUT2D eigenvalue weighted by Crippen LogP contribution is 2.67. The molecule has 0 spiro atoms. The van der Waals surface area contributed by atoms with Crippen LogP contribution in [0, 0.1) is 24.1 Å². The summed E-state index contributed by atoms with van der Waals surface area (Å²) in [5.41, 5.74) is 3.26. The van der Waals surface area contributed by atoms with Gasteiger partial charge in [0.15, 0.2) is 0 Å². The van der Waals surface area contributed by atoms with E-state index in [4.69, 9.17) is 4.74 Å². The molecular formula is C37H43FN4O3. The molecule has 2 aliphatic rings. The Kier molecular flexibility index (Phi) is 8.20. The van der Waals surface area contributed by atoms with Crippen LogP contribution in [0.25, 0.3) is 10.9 Å². The zero-order chi connectivity index (χ0) is 31.9. The van der Waals surface area contributed by atoms with Crippen LogP contribution >= 0.6 is 0 Å². The minimum Gasteiger partial charge on any atom is -0.497 e. The quantitative estimate of drug-likeness (QED) is 0.217. The number of amides is 2. The normalized spacial score (nSPS) is 20.5. The number of nitrogens with zero attached hydrogens (tertiary/aromatic N) is 2. The summed E-state index contributed by atoms with van der Waals surface area (Å²) in [4.78, 5) is 36.5. The molecule has 3 aromatic carbocycles. The first kappa shape index (κ1) is 30.8. The molecule has 2 fully saturated rings. The number of aryl methyl sites for hydroxylation is 1. The lowest BCUT2D eigenvalue weighted by Crippen LogP contribution is -2.63. The molecule has 1 saturated carbocycles. The summed E-state index contributed by atoms with van der Waals surface area (Å²) in [6, 6.07) is 22.0. The number of aromatic amines is 1. The van der Waals surface area contributed by atoms with Crippen LogP contribution in [-0.2, 0) is 16.1 Å². The second kappa shape index (κ2) is 12.0. The predicted octanol–water partition coefficient (Wildman–Crippen LogP) is 6.89. The van der Waals surface area contributed by atoms with Crippen molar-refractivity contribution >= 4 is 28.4 Å². The second-order valence-corrected chi connectivity index (χ2v) is 13.4. The van der Waals surface area contributed by atoms with Crippen LogP contribution in [0.3, 0.4) is 0 Å². The van der Waals surface area contributed by atoms with E-state index in [-0.39, 0.29) is 47.8 Å². The number of para-hydroxylation sites is 1. The van der Waals surface area contributed by atoms with E-state index in [1.54, 1.807) is 54.5 Å². The van der Waals surface area contributed by atoms with Gasteiger partial charge in [-0.15, -0.1) is 0 Å². The molecule has 2 amide bonds. The molecule has 6 rings (SSSR count). The smallest absolute Gasteiger partial charge is 0.250 e. The summed E-state index contributed by atoms with van der Waals surface area (Å²) in [5.74, 6) is 0.210. The van der Waals surface area contributed by atoms with Crippen molar-refractivity contribution in [2.45, 2.75) is 58.0 Å². The molecule has 0 bridgehead atoms. The second-order valence-electron chi connectivity index (χ2n) is 13.4. The third-order valence-electron chi connectivity index (χ3n) is 10.4. The fourth-order valence-corrected chi connectivity index (χ4v) is 7.50. The van der Waals surface area contributed by atoms with Crippen molar-refractivity contribution in [3.8, 4) is 5.75 Å². The van der Waals surface area contributed by atoms with E-state index >= 15 is 4.39 Å². The van der Waals surface area contributed by atoms with Gasteiger partial charge in [-0.3, -0.25) is 9.59 Å². The number of ether oxygens (including phenoxy) is 1. The minimum atomic E-state index is -1.14. The van der Waals surface area contributed by atoms with Crippen LogP contribution < -0.4 is 10.1 Å². The van der Waals surface area contributed by atoms with Gasteiger partial charge in [-0.25, -0.2) is 4.39 Å². The van der Waals surface area contributed by atoms with Crippen molar-refractivity contribution in [3.05, 3.63) is 95.4 Å². The number of halogens is 1. The molecule has 4 aromatic rings. The van der Waals surface area contributed by atoms with E-state index in [0.717, 1.165) is 11.2 Å². The molecule has 236 valence electrons. The molecule has 1 aliphatic heterocycles. The van der Waals surface area contributed by atoms with Crippen LogP contribution in [0.5, 0.6) is 5.75 Å². The van der Waals surface area contributed by atoms with Gasteiger partial charge in [-0.1, -0.05) is 50.2 Å².